The normalized spacial score (nSPS) is 16.1. The maximum Gasteiger partial charge on any atom is 0.317 e. The van der Waals surface area contributed by atoms with Gasteiger partial charge in [0.05, 0.1) is 17.8 Å². The van der Waals surface area contributed by atoms with Gasteiger partial charge in [-0.15, -0.1) is 0 Å². The molecule has 3 heterocycles. The number of piperidine rings is 1. The van der Waals surface area contributed by atoms with E-state index in [1.807, 2.05) is 65.6 Å². The zero-order valence-corrected chi connectivity index (χ0v) is 19.6. The van der Waals surface area contributed by atoms with E-state index in [0.717, 1.165) is 60.4 Å². The first kappa shape index (κ1) is 22.2. The van der Waals surface area contributed by atoms with Crippen molar-refractivity contribution in [2.75, 3.05) is 24.5 Å². The van der Waals surface area contributed by atoms with Crippen molar-refractivity contribution < 1.29 is 9.53 Å². The van der Waals surface area contributed by atoms with Gasteiger partial charge in [0.15, 0.2) is 0 Å². The minimum atomic E-state index is -0.0886. The number of anilines is 1. The minimum absolute atomic E-state index is 0.0886. The SMILES string of the molecule is CC1CCN(c2nc3c(c(Oc4ccccc4)n2)CN(C(=O)NCc2ccccc2)CC3)CC1. The highest BCUT2D eigenvalue weighted by Crippen LogP contribution is 2.32. The maximum absolute atomic E-state index is 12.9. The van der Waals surface area contributed by atoms with E-state index in [4.69, 9.17) is 14.7 Å². The molecule has 0 unspecified atom stereocenters. The quantitative estimate of drug-likeness (QED) is 0.597. The van der Waals surface area contributed by atoms with Gasteiger partial charge in [0.1, 0.15) is 5.75 Å². The molecule has 3 aromatic rings. The van der Waals surface area contributed by atoms with Crippen molar-refractivity contribution in [3.63, 3.8) is 0 Å². The van der Waals surface area contributed by atoms with Crippen LogP contribution >= 0.6 is 0 Å². The van der Waals surface area contributed by atoms with E-state index in [2.05, 4.69) is 17.1 Å². The average molecular weight is 458 g/mol. The van der Waals surface area contributed by atoms with Crippen LogP contribution in [0.5, 0.6) is 11.6 Å². The number of carbonyl (C=O) groups is 1. The Morgan fingerprint density at radius 2 is 1.71 bits per heavy atom. The lowest BCUT2D eigenvalue weighted by molar-refractivity contribution is 0.190. The lowest BCUT2D eigenvalue weighted by atomic mass is 9.99. The number of benzene rings is 2. The van der Waals surface area contributed by atoms with Crippen molar-refractivity contribution in [2.24, 2.45) is 5.92 Å². The number of urea groups is 1. The molecule has 34 heavy (non-hydrogen) atoms. The number of fused-ring (bicyclic) bond motifs is 1. The van der Waals surface area contributed by atoms with Crippen LogP contribution < -0.4 is 15.0 Å². The smallest absolute Gasteiger partial charge is 0.317 e. The number of hydrogen-bond acceptors (Lipinski definition) is 5. The molecule has 7 heteroatoms. The fourth-order valence-electron chi connectivity index (χ4n) is 4.46. The molecule has 0 aliphatic carbocycles. The molecule has 7 nitrogen and oxygen atoms in total. The second-order valence-corrected chi connectivity index (χ2v) is 9.15. The predicted octanol–water partition coefficient (Wildman–Crippen LogP) is 4.77. The number of carbonyl (C=O) groups excluding carboxylic acids is 1. The van der Waals surface area contributed by atoms with Gasteiger partial charge in [-0.1, -0.05) is 55.5 Å². The van der Waals surface area contributed by atoms with Crippen LogP contribution in [0.4, 0.5) is 10.7 Å². The number of rotatable bonds is 5. The third kappa shape index (κ3) is 5.14. The van der Waals surface area contributed by atoms with Gasteiger partial charge >= 0.3 is 6.03 Å². The molecule has 2 aromatic carbocycles. The van der Waals surface area contributed by atoms with Gasteiger partial charge in [-0.25, -0.2) is 9.78 Å². The summed E-state index contributed by atoms with van der Waals surface area (Å²) in [6, 6.07) is 19.5. The topological polar surface area (TPSA) is 70.6 Å². The summed E-state index contributed by atoms with van der Waals surface area (Å²) in [5, 5.41) is 3.03. The Kier molecular flexibility index (Phi) is 6.60. The molecule has 0 spiro atoms. The highest BCUT2D eigenvalue weighted by molar-refractivity contribution is 5.74. The third-order valence-corrected chi connectivity index (χ3v) is 6.61. The van der Waals surface area contributed by atoms with E-state index >= 15 is 0 Å². The van der Waals surface area contributed by atoms with Gasteiger partial charge in [0.2, 0.25) is 11.8 Å². The van der Waals surface area contributed by atoms with Crippen LogP contribution in [0.15, 0.2) is 60.7 Å². The van der Waals surface area contributed by atoms with E-state index in [0.29, 0.717) is 31.9 Å². The first-order valence-corrected chi connectivity index (χ1v) is 12.1. The molecule has 2 aliphatic rings. The Hall–Kier alpha value is -3.61. The van der Waals surface area contributed by atoms with Crippen LogP contribution in [0, 0.1) is 5.92 Å². The first-order chi connectivity index (χ1) is 16.7. The fourth-order valence-corrected chi connectivity index (χ4v) is 4.46. The van der Waals surface area contributed by atoms with E-state index in [1.165, 1.54) is 0 Å². The van der Waals surface area contributed by atoms with Gasteiger partial charge in [-0.2, -0.15) is 4.98 Å². The number of hydrogen-bond donors (Lipinski definition) is 1. The molecule has 0 radical (unpaired) electrons. The molecule has 0 saturated carbocycles. The Balaban J connectivity index is 1.37. The van der Waals surface area contributed by atoms with Gasteiger partial charge in [0, 0.05) is 32.6 Å². The number of aromatic nitrogens is 2. The molecular formula is C27H31N5O2. The Morgan fingerprint density at radius 3 is 2.44 bits per heavy atom. The van der Waals surface area contributed by atoms with E-state index < -0.39 is 0 Å². The van der Waals surface area contributed by atoms with Crippen LogP contribution in [-0.2, 0) is 19.5 Å². The van der Waals surface area contributed by atoms with Crippen LogP contribution in [-0.4, -0.2) is 40.5 Å². The highest BCUT2D eigenvalue weighted by Gasteiger charge is 2.28. The maximum atomic E-state index is 12.9. The second kappa shape index (κ2) is 10.1. The lowest BCUT2D eigenvalue weighted by Gasteiger charge is -2.33. The molecule has 2 aliphatic heterocycles. The Morgan fingerprint density at radius 1 is 1.00 bits per heavy atom. The van der Waals surface area contributed by atoms with Crippen molar-refractivity contribution >= 4 is 12.0 Å². The van der Waals surface area contributed by atoms with Crippen LogP contribution in [0.25, 0.3) is 0 Å². The molecule has 1 aromatic heterocycles. The number of ether oxygens (including phenoxy) is 1. The fraction of sp³-hybridized carbons (Fsp3) is 0.370. The summed E-state index contributed by atoms with van der Waals surface area (Å²) in [6.07, 6.45) is 2.97. The van der Waals surface area contributed by atoms with Crippen molar-refractivity contribution in [2.45, 2.75) is 39.3 Å². The van der Waals surface area contributed by atoms with Crippen molar-refractivity contribution in [3.05, 3.63) is 77.5 Å². The summed E-state index contributed by atoms with van der Waals surface area (Å²) in [5.74, 6) is 2.74. The van der Waals surface area contributed by atoms with E-state index in [-0.39, 0.29) is 6.03 Å². The average Bonchev–Trinajstić information content (AvgIpc) is 2.88. The molecule has 0 atom stereocenters. The highest BCUT2D eigenvalue weighted by atomic mass is 16.5. The molecule has 176 valence electrons. The summed E-state index contributed by atoms with van der Waals surface area (Å²) in [5.41, 5.74) is 2.94. The molecular weight excluding hydrogens is 426 g/mol. The van der Waals surface area contributed by atoms with Crippen LogP contribution in [0.3, 0.4) is 0 Å². The van der Waals surface area contributed by atoms with Crippen molar-refractivity contribution in [3.8, 4) is 11.6 Å². The lowest BCUT2D eigenvalue weighted by Crippen LogP contribution is -2.43. The zero-order chi connectivity index (χ0) is 23.3. The molecule has 0 bridgehead atoms. The van der Waals surface area contributed by atoms with Crippen molar-refractivity contribution in [1.29, 1.82) is 0 Å². The monoisotopic (exact) mass is 457 g/mol. The first-order valence-electron chi connectivity index (χ1n) is 12.1. The molecule has 1 saturated heterocycles. The second-order valence-electron chi connectivity index (χ2n) is 9.15. The van der Waals surface area contributed by atoms with E-state index in [9.17, 15) is 4.79 Å². The number of nitrogens with one attached hydrogen (secondary N) is 1. The van der Waals surface area contributed by atoms with Crippen LogP contribution in [0.2, 0.25) is 0 Å². The summed E-state index contributed by atoms with van der Waals surface area (Å²) in [6.45, 7) is 5.75. The summed E-state index contributed by atoms with van der Waals surface area (Å²) >= 11 is 0. The Labute approximate surface area is 200 Å². The zero-order valence-electron chi connectivity index (χ0n) is 19.6. The standard InChI is InChI=1S/C27H31N5O2/c1-20-12-15-31(16-13-20)26-29-24-14-17-32(27(33)28-18-21-8-4-2-5-9-21)19-23(24)25(30-26)34-22-10-6-3-7-11-22/h2-11,20H,12-19H2,1H3,(H,28,33). The number of amides is 2. The largest absolute Gasteiger partial charge is 0.438 e. The van der Waals surface area contributed by atoms with Gasteiger partial charge in [0.25, 0.3) is 0 Å². The van der Waals surface area contributed by atoms with E-state index in [1.54, 1.807) is 0 Å². The van der Waals surface area contributed by atoms with Crippen molar-refractivity contribution in [1.82, 2.24) is 20.2 Å². The van der Waals surface area contributed by atoms with Crippen LogP contribution in [0.1, 0.15) is 36.6 Å². The summed E-state index contributed by atoms with van der Waals surface area (Å²) in [7, 11) is 0. The predicted molar refractivity (Wildman–Crippen MR) is 132 cm³/mol. The third-order valence-electron chi connectivity index (χ3n) is 6.61. The summed E-state index contributed by atoms with van der Waals surface area (Å²) in [4.78, 5) is 26.8. The Bertz CT molecular complexity index is 1110. The van der Waals surface area contributed by atoms with Gasteiger partial charge < -0.3 is 19.9 Å². The molecule has 5 rings (SSSR count). The van der Waals surface area contributed by atoms with Gasteiger partial charge in [-0.3, -0.25) is 0 Å². The minimum Gasteiger partial charge on any atom is -0.438 e. The van der Waals surface area contributed by atoms with Gasteiger partial charge in [-0.05, 0) is 36.5 Å². The molecule has 1 N–H and O–H groups in total. The number of para-hydroxylation sites is 1. The number of nitrogens with zero attached hydrogens (tertiary/aromatic N) is 4. The summed E-state index contributed by atoms with van der Waals surface area (Å²) < 4.78 is 6.25. The molecule has 2 amide bonds. The molecule has 1 fully saturated rings.